The van der Waals surface area contributed by atoms with E-state index in [0.29, 0.717) is 12.3 Å². The fourth-order valence-electron chi connectivity index (χ4n) is 2.33. The molecule has 0 radical (unpaired) electrons. The molecular weight excluding hydrogens is 190 g/mol. The molecule has 1 amide bonds. The van der Waals surface area contributed by atoms with Crippen LogP contribution in [0.5, 0.6) is 0 Å². The molecule has 0 atom stereocenters. The number of hydrogen-bond donors (Lipinski definition) is 1. The zero-order valence-electron chi connectivity index (χ0n) is 9.17. The third-order valence-corrected chi connectivity index (χ3v) is 3.28. The summed E-state index contributed by atoms with van der Waals surface area (Å²) >= 11 is 0. The van der Waals surface area contributed by atoms with Crippen LogP contribution in [0.1, 0.15) is 32.1 Å². The lowest BCUT2D eigenvalue weighted by atomic mass is 10.3. The molecule has 0 saturated carbocycles. The van der Waals surface area contributed by atoms with E-state index in [2.05, 4.69) is 0 Å². The standard InChI is InChI=1S/C11H19N3O/c12-10-4-3-8-13(10)9-5-11(15)14-6-1-2-7-14/h12H,1-9H2. The molecule has 2 heterocycles. The van der Waals surface area contributed by atoms with Crippen LogP contribution in [0.4, 0.5) is 0 Å². The number of nitrogens with one attached hydrogen (secondary N) is 1. The second-order valence-electron chi connectivity index (χ2n) is 4.38. The molecule has 0 aromatic rings. The number of carbonyl (C=O) groups excluding carboxylic acids is 1. The lowest BCUT2D eigenvalue weighted by Gasteiger charge is -2.20. The highest BCUT2D eigenvalue weighted by molar-refractivity contribution is 5.82. The van der Waals surface area contributed by atoms with E-state index >= 15 is 0 Å². The Morgan fingerprint density at radius 1 is 1.20 bits per heavy atom. The minimum absolute atomic E-state index is 0.271. The SMILES string of the molecule is N=C1CCCN1CCC(=O)N1CCCC1. The molecule has 84 valence electrons. The van der Waals surface area contributed by atoms with Gasteiger partial charge in [-0.05, 0) is 19.3 Å². The molecule has 15 heavy (non-hydrogen) atoms. The van der Waals surface area contributed by atoms with Crippen molar-refractivity contribution in [2.24, 2.45) is 0 Å². The van der Waals surface area contributed by atoms with Crippen LogP contribution < -0.4 is 0 Å². The average Bonchev–Trinajstić information content (AvgIpc) is 2.85. The van der Waals surface area contributed by atoms with Crippen LogP contribution in [0.25, 0.3) is 0 Å². The van der Waals surface area contributed by atoms with Gasteiger partial charge in [0.25, 0.3) is 0 Å². The minimum Gasteiger partial charge on any atom is -0.360 e. The summed E-state index contributed by atoms with van der Waals surface area (Å²) in [4.78, 5) is 15.7. The molecular formula is C11H19N3O. The van der Waals surface area contributed by atoms with E-state index in [1.807, 2.05) is 9.80 Å². The largest absolute Gasteiger partial charge is 0.360 e. The molecule has 4 heteroatoms. The van der Waals surface area contributed by atoms with Crippen molar-refractivity contribution in [1.82, 2.24) is 9.80 Å². The number of nitrogens with zero attached hydrogens (tertiary/aromatic N) is 2. The van der Waals surface area contributed by atoms with Gasteiger partial charge in [-0.3, -0.25) is 10.2 Å². The first-order valence-electron chi connectivity index (χ1n) is 5.87. The third-order valence-electron chi connectivity index (χ3n) is 3.28. The highest BCUT2D eigenvalue weighted by atomic mass is 16.2. The van der Waals surface area contributed by atoms with Gasteiger partial charge in [0.05, 0.1) is 5.84 Å². The zero-order chi connectivity index (χ0) is 10.7. The topological polar surface area (TPSA) is 47.4 Å². The predicted octanol–water partition coefficient (Wildman–Crippen LogP) is 1.07. The summed E-state index contributed by atoms with van der Waals surface area (Å²) in [6.45, 7) is 3.59. The lowest BCUT2D eigenvalue weighted by molar-refractivity contribution is -0.130. The zero-order valence-corrected chi connectivity index (χ0v) is 9.17. The third kappa shape index (κ3) is 2.49. The van der Waals surface area contributed by atoms with Gasteiger partial charge < -0.3 is 9.80 Å². The van der Waals surface area contributed by atoms with Gasteiger partial charge in [-0.1, -0.05) is 0 Å². The summed E-state index contributed by atoms with van der Waals surface area (Å²) < 4.78 is 0. The maximum atomic E-state index is 11.7. The molecule has 0 aliphatic carbocycles. The Kier molecular flexibility index (Phi) is 3.23. The highest BCUT2D eigenvalue weighted by Crippen LogP contribution is 2.12. The Hall–Kier alpha value is -1.06. The Balaban J connectivity index is 1.72. The second kappa shape index (κ2) is 4.64. The van der Waals surface area contributed by atoms with Crippen LogP contribution in [0.2, 0.25) is 0 Å². The molecule has 0 aromatic carbocycles. The lowest BCUT2D eigenvalue weighted by Crippen LogP contribution is -2.33. The number of carbonyl (C=O) groups is 1. The van der Waals surface area contributed by atoms with Crippen LogP contribution in [0.3, 0.4) is 0 Å². The number of rotatable bonds is 3. The van der Waals surface area contributed by atoms with Crippen molar-refractivity contribution in [3.05, 3.63) is 0 Å². The van der Waals surface area contributed by atoms with E-state index in [4.69, 9.17) is 5.41 Å². The Labute approximate surface area is 90.7 Å². The second-order valence-corrected chi connectivity index (χ2v) is 4.38. The molecule has 2 rings (SSSR count). The number of likely N-dealkylation sites (tertiary alicyclic amines) is 2. The summed E-state index contributed by atoms with van der Waals surface area (Å²) in [7, 11) is 0. The van der Waals surface area contributed by atoms with Gasteiger partial charge in [0.15, 0.2) is 0 Å². The Morgan fingerprint density at radius 2 is 1.93 bits per heavy atom. The molecule has 0 unspecified atom stereocenters. The number of hydrogen-bond acceptors (Lipinski definition) is 2. The summed E-state index contributed by atoms with van der Waals surface area (Å²) in [5.74, 6) is 0.983. The quantitative estimate of drug-likeness (QED) is 0.756. The van der Waals surface area contributed by atoms with Gasteiger partial charge in [0, 0.05) is 39.0 Å². The van der Waals surface area contributed by atoms with Gasteiger partial charge in [0.2, 0.25) is 5.91 Å². The maximum Gasteiger partial charge on any atom is 0.224 e. The fraction of sp³-hybridized carbons (Fsp3) is 0.818. The summed E-state index contributed by atoms with van der Waals surface area (Å²) in [5.41, 5.74) is 0. The van der Waals surface area contributed by atoms with E-state index in [0.717, 1.165) is 51.9 Å². The average molecular weight is 209 g/mol. The smallest absolute Gasteiger partial charge is 0.224 e. The molecule has 2 saturated heterocycles. The first-order valence-corrected chi connectivity index (χ1v) is 5.87. The first kappa shape index (κ1) is 10.5. The van der Waals surface area contributed by atoms with Gasteiger partial charge in [-0.2, -0.15) is 0 Å². The van der Waals surface area contributed by atoms with Gasteiger partial charge in [-0.15, -0.1) is 0 Å². The van der Waals surface area contributed by atoms with Crippen LogP contribution in [-0.4, -0.2) is 47.7 Å². The molecule has 0 spiro atoms. The van der Waals surface area contributed by atoms with E-state index in [-0.39, 0.29) is 5.91 Å². The molecule has 4 nitrogen and oxygen atoms in total. The van der Waals surface area contributed by atoms with Gasteiger partial charge >= 0.3 is 0 Å². The van der Waals surface area contributed by atoms with Crippen molar-refractivity contribution >= 4 is 11.7 Å². The van der Waals surface area contributed by atoms with Crippen molar-refractivity contribution in [3.63, 3.8) is 0 Å². The van der Waals surface area contributed by atoms with E-state index in [1.165, 1.54) is 0 Å². The molecule has 2 aliphatic heterocycles. The van der Waals surface area contributed by atoms with Crippen LogP contribution >= 0.6 is 0 Å². The molecule has 0 aromatic heterocycles. The van der Waals surface area contributed by atoms with E-state index in [9.17, 15) is 4.79 Å². The Bertz CT molecular complexity index is 259. The number of amides is 1. The maximum absolute atomic E-state index is 11.7. The van der Waals surface area contributed by atoms with Crippen molar-refractivity contribution in [2.75, 3.05) is 26.2 Å². The van der Waals surface area contributed by atoms with Gasteiger partial charge in [-0.25, -0.2) is 0 Å². The fourth-order valence-corrected chi connectivity index (χ4v) is 2.33. The summed E-state index contributed by atoms with van der Waals surface area (Å²) in [6.07, 6.45) is 4.87. The summed E-state index contributed by atoms with van der Waals surface area (Å²) in [6, 6.07) is 0. The van der Waals surface area contributed by atoms with Crippen LogP contribution in [-0.2, 0) is 4.79 Å². The van der Waals surface area contributed by atoms with Crippen LogP contribution in [0.15, 0.2) is 0 Å². The van der Waals surface area contributed by atoms with Crippen LogP contribution in [0, 0.1) is 5.41 Å². The molecule has 2 aliphatic rings. The first-order chi connectivity index (χ1) is 7.27. The van der Waals surface area contributed by atoms with Crippen molar-refractivity contribution in [3.8, 4) is 0 Å². The highest BCUT2D eigenvalue weighted by Gasteiger charge is 2.21. The normalized spacial score (nSPS) is 21.5. The minimum atomic E-state index is 0.271. The molecule has 0 bridgehead atoms. The van der Waals surface area contributed by atoms with Crippen molar-refractivity contribution in [2.45, 2.75) is 32.1 Å². The van der Waals surface area contributed by atoms with Gasteiger partial charge in [0.1, 0.15) is 0 Å². The summed E-state index contributed by atoms with van der Waals surface area (Å²) in [5, 5.41) is 7.66. The van der Waals surface area contributed by atoms with E-state index < -0.39 is 0 Å². The monoisotopic (exact) mass is 209 g/mol. The van der Waals surface area contributed by atoms with E-state index in [1.54, 1.807) is 0 Å². The van der Waals surface area contributed by atoms with Crippen molar-refractivity contribution in [1.29, 1.82) is 5.41 Å². The van der Waals surface area contributed by atoms with Crippen molar-refractivity contribution < 1.29 is 4.79 Å². The molecule has 2 fully saturated rings. The predicted molar refractivity (Wildman–Crippen MR) is 59.0 cm³/mol. The molecule has 1 N–H and O–H groups in total. The Morgan fingerprint density at radius 3 is 2.53 bits per heavy atom. The number of amidine groups is 1.